The van der Waals surface area contributed by atoms with Crippen molar-refractivity contribution in [1.29, 1.82) is 0 Å². The average Bonchev–Trinajstić information content (AvgIpc) is 2.77. The smallest absolute Gasteiger partial charge is 0.309 e. The predicted molar refractivity (Wildman–Crippen MR) is 135 cm³/mol. The van der Waals surface area contributed by atoms with E-state index in [1.54, 1.807) is 0 Å². The number of ether oxygens (including phenoxy) is 1. The number of carboxylic acids is 1. The monoisotopic (exact) mass is 454 g/mol. The highest BCUT2D eigenvalue weighted by Crippen LogP contribution is 2.18. The van der Waals surface area contributed by atoms with Crippen LogP contribution in [0.3, 0.4) is 0 Å². The summed E-state index contributed by atoms with van der Waals surface area (Å²) < 4.78 is 5.42. The van der Waals surface area contributed by atoms with Crippen LogP contribution in [0.15, 0.2) is 0 Å². The van der Waals surface area contributed by atoms with Gasteiger partial charge in [0.05, 0.1) is 18.9 Å². The van der Waals surface area contributed by atoms with Crippen LogP contribution in [-0.2, 0) is 14.3 Å². The van der Waals surface area contributed by atoms with E-state index in [1.807, 2.05) is 0 Å². The number of unbranched alkanes of at least 4 members (excludes halogenated alkanes) is 18. The molecule has 1 atom stereocenters. The van der Waals surface area contributed by atoms with Gasteiger partial charge in [-0.15, -0.1) is 0 Å². The van der Waals surface area contributed by atoms with Gasteiger partial charge < -0.3 is 9.84 Å². The predicted octanol–water partition coefficient (Wildman–Crippen LogP) is 8.85. The molecule has 0 amide bonds. The highest BCUT2D eigenvalue weighted by molar-refractivity contribution is 5.79. The molecule has 0 radical (unpaired) electrons. The third-order valence-corrected chi connectivity index (χ3v) is 6.40. The van der Waals surface area contributed by atoms with Crippen molar-refractivity contribution < 1.29 is 19.4 Å². The Balaban J connectivity index is 3.73. The third-order valence-electron chi connectivity index (χ3n) is 6.40. The molecule has 0 aliphatic rings. The molecule has 1 N–H and O–H groups in total. The maximum atomic E-state index is 12.3. The van der Waals surface area contributed by atoms with Crippen molar-refractivity contribution >= 4 is 11.9 Å². The van der Waals surface area contributed by atoms with Crippen LogP contribution in [-0.4, -0.2) is 23.7 Å². The third kappa shape index (κ3) is 22.1. The van der Waals surface area contributed by atoms with Crippen molar-refractivity contribution in [3.8, 4) is 0 Å². The minimum atomic E-state index is -0.905. The van der Waals surface area contributed by atoms with Crippen molar-refractivity contribution in [2.24, 2.45) is 5.92 Å². The fraction of sp³-hybridized carbons (Fsp3) is 0.929. The van der Waals surface area contributed by atoms with E-state index in [4.69, 9.17) is 9.84 Å². The lowest BCUT2D eigenvalue weighted by molar-refractivity contribution is -0.153. The summed E-state index contributed by atoms with van der Waals surface area (Å²) in [6, 6.07) is 0. The van der Waals surface area contributed by atoms with Gasteiger partial charge in [0.2, 0.25) is 0 Å². The van der Waals surface area contributed by atoms with Gasteiger partial charge >= 0.3 is 11.9 Å². The van der Waals surface area contributed by atoms with Gasteiger partial charge in [-0.1, -0.05) is 136 Å². The molecule has 0 aromatic carbocycles. The molecule has 0 bridgehead atoms. The van der Waals surface area contributed by atoms with Crippen molar-refractivity contribution in [1.82, 2.24) is 0 Å². The molecule has 0 aliphatic carbocycles. The van der Waals surface area contributed by atoms with E-state index in [0.29, 0.717) is 13.0 Å². The molecule has 0 aromatic heterocycles. The zero-order valence-corrected chi connectivity index (χ0v) is 21.5. The molecule has 0 fully saturated rings. The summed E-state index contributed by atoms with van der Waals surface area (Å²) in [6.45, 7) is 4.92. The second-order valence-corrected chi connectivity index (χ2v) is 9.61. The summed E-state index contributed by atoms with van der Waals surface area (Å²) >= 11 is 0. The van der Waals surface area contributed by atoms with Crippen LogP contribution in [0.5, 0.6) is 0 Å². The van der Waals surface area contributed by atoms with Crippen LogP contribution in [0.1, 0.15) is 155 Å². The largest absolute Gasteiger partial charge is 0.481 e. The summed E-state index contributed by atoms with van der Waals surface area (Å²) in [5.41, 5.74) is 0. The molecule has 0 heterocycles. The molecule has 4 heteroatoms. The molecular weight excluding hydrogens is 400 g/mol. The van der Waals surface area contributed by atoms with E-state index in [-0.39, 0.29) is 12.4 Å². The highest BCUT2D eigenvalue weighted by atomic mass is 16.5. The zero-order chi connectivity index (χ0) is 23.7. The SMILES string of the molecule is CCCCCCCCCCCCOC(=O)C(CCCCCCCCCCCC)CC(=O)O. The van der Waals surface area contributed by atoms with Gasteiger partial charge in [-0.2, -0.15) is 0 Å². The molecule has 0 aromatic rings. The Morgan fingerprint density at radius 2 is 0.969 bits per heavy atom. The summed E-state index contributed by atoms with van der Waals surface area (Å²) in [4.78, 5) is 23.5. The lowest BCUT2D eigenvalue weighted by Crippen LogP contribution is -2.21. The molecule has 190 valence electrons. The van der Waals surface area contributed by atoms with Crippen LogP contribution >= 0.6 is 0 Å². The van der Waals surface area contributed by atoms with Crippen LogP contribution in [0, 0.1) is 5.92 Å². The van der Waals surface area contributed by atoms with Gasteiger partial charge in [0, 0.05) is 0 Å². The fourth-order valence-corrected chi connectivity index (χ4v) is 4.27. The van der Waals surface area contributed by atoms with Crippen molar-refractivity contribution in [2.45, 2.75) is 155 Å². The van der Waals surface area contributed by atoms with E-state index >= 15 is 0 Å². The molecule has 0 spiro atoms. The molecule has 1 unspecified atom stereocenters. The standard InChI is InChI=1S/C28H54O4/c1-3-5-7-9-11-13-15-17-19-21-23-26(25-27(29)30)28(31)32-24-22-20-18-16-14-12-10-8-6-4-2/h26H,3-25H2,1-2H3,(H,29,30). The Bertz CT molecular complexity index is 422. The Hall–Kier alpha value is -1.06. The second-order valence-electron chi connectivity index (χ2n) is 9.61. The van der Waals surface area contributed by atoms with Crippen LogP contribution in [0.4, 0.5) is 0 Å². The molecule has 0 saturated carbocycles. The number of carbonyl (C=O) groups is 2. The number of carbonyl (C=O) groups excluding carboxylic acids is 1. The number of carboxylic acid groups (broad SMARTS) is 1. The van der Waals surface area contributed by atoms with Crippen molar-refractivity contribution in [3.05, 3.63) is 0 Å². The number of hydrogen-bond acceptors (Lipinski definition) is 3. The van der Waals surface area contributed by atoms with E-state index in [0.717, 1.165) is 25.7 Å². The topological polar surface area (TPSA) is 63.6 Å². The minimum absolute atomic E-state index is 0.103. The Morgan fingerprint density at radius 3 is 1.38 bits per heavy atom. The van der Waals surface area contributed by atoms with Gasteiger partial charge in [0.25, 0.3) is 0 Å². The van der Waals surface area contributed by atoms with Crippen LogP contribution < -0.4 is 0 Å². The zero-order valence-electron chi connectivity index (χ0n) is 21.5. The summed E-state index contributed by atoms with van der Waals surface area (Å²) in [5, 5.41) is 9.15. The number of aliphatic carboxylic acids is 1. The molecule has 0 saturated heterocycles. The second kappa shape index (κ2) is 24.6. The maximum absolute atomic E-state index is 12.3. The van der Waals surface area contributed by atoms with E-state index < -0.39 is 11.9 Å². The first-order chi connectivity index (χ1) is 15.6. The number of hydrogen-bond donors (Lipinski definition) is 1. The average molecular weight is 455 g/mol. The Labute approximate surface area is 199 Å². The highest BCUT2D eigenvalue weighted by Gasteiger charge is 2.22. The first kappa shape index (κ1) is 30.9. The quantitative estimate of drug-likeness (QED) is 0.110. The van der Waals surface area contributed by atoms with Gasteiger partial charge in [-0.05, 0) is 12.8 Å². The van der Waals surface area contributed by atoms with E-state index in [2.05, 4.69) is 13.8 Å². The molecule has 32 heavy (non-hydrogen) atoms. The summed E-state index contributed by atoms with van der Waals surface area (Å²) in [7, 11) is 0. The minimum Gasteiger partial charge on any atom is -0.481 e. The van der Waals surface area contributed by atoms with E-state index in [1.165, 1.54) is 103 Å². The van der Waals surface area contributed by atoms with Crippen LogP contribution in [0.25, 0.3) is 0 Å². The summed E-state index contributed by atoms with van der Waals surface area (Å²) in [5.74, 6) is -1.69. The lowest BCUT2D eigenvalue weighted by atomic mass is 9.97. The summed E-state index contributed by atoms with van der Waals surface area (Å²) in [6.07, 6.45) is 25.4. The van der Waals surface area contributed by atoms with Crippen molar-refractivity contribution in [3.63, 3.8) is 0 Å². The van der Waals surface area contributed by atoms with Crippen LogP contribution in [0.2, 0.25) is 0 Å². The van der Waals surface area contributed by atoms with Gasteiger partial charge in [0.15, 0.2) is 0 Å². The van der Waals surface area contributed by atoms with Gasteiger partial charge in [-0.3, -0.25) is 9.59 Å². The normalized spacial score (nSPS) is 12.1. The van der Waals surface area contributed by atoms with E-state index in [9.17, 15) is 9.59 Å². The first-order valence-electron chi connectivity index (χ1n) is 14.0. The molecule has 4 nitrogen and oxygen atoms in total. The number of rotatable bonds is 25. The maximum Gasteiger partial charge on any atom is 0.309 e. The first-order valence-corrected chi connectivity index (χ1v) is 14.0. The number of esters is 1. The van der Waals surface area contributed by atoms with Gasteiger partial charge in [-0.25, -0.2) is 0 Å². The van der Waals surface area contributed by atoms with Crippen molar-refractivity contribution in [2.75, 3.05) is 6.61 Å². The fourth-order valence-electron chi connectivity index (χ4n) is 4.27. The molecule has 0 rings (SSSR count). The van der Waals surface area contributed by atoms with Gasteiger partial charge in [0.1, 0.15) is 0 Å². The Morgan fingerprint density at radius 1 is 0.594 bits per heavy atom. The molecule has 0 aliphatic heterocycles. The molecular formula is C28H54O4. The lowest BCUT2D eigenvalue weighted by Gasteiger charge is -2.14. The Kier molecular flexibility index (Phi) is 23.8.